The van der Waals surface area contributed by atoms with Crippen LogP contribution in [0.5, 0.6) is 5.75 Å². The number of benzene rings is 3. The first kappa shape index (κ1) is 23.5. The molecule has 1 aliphatic rings. The number of nitrogens with one attached hydrogen (secondary N) is 2. The number of ether oxygens (including phenoxy) is 1. The lowest BCUT2D eigenvalue weighted by Crippen LogP contribution is -2.35. The molecule has 1 unspecified atom stereocenters. The monoisotopic (exact) mass is 457 g/mol. The van der Waals surface area contributed by atoms with E-state index in [2.05, 4.69) is 15.5 Å². The van der Waals surface area contributed by atoms with Crippen molar-refractivity contribution in [3.05, 3.63) is 95.6 Å². The van der Waals surface area contributed by atoms with Crippen LogP contribution in [0.4, 0.5) is 5.69 Å². The Kier molecular flexibility index (Phi) is 7.60. The number of nitrogens with zero attached hydrogens (tertiary/aromatic N) is 1. The molecule has 0 heterocycles. The summed E-state index contributed by atoms with van der Waals surface area (Å²) >= 11 is 0. The molecule has 6 heteroatoms. The smallest absolute Gasteiger partial charge is 0.253 e. The molecule has 0 aliphatic heterocycles. The summed E-state index contributed by atoms with van der Waals surface area (Å²) in [6.45, 7) is 2.91. The zero-order valence-corrected chi connectivity index (χ0v) is 19.7. The predicted molar refractivity (Wildman–Crippen MR) is 134 cm³/mol. The van der Waals surface area contributed by atoms with E-state index in [1.54, 1.807) is 25.3 Å². The number of carbonyl (C=O) groups is 2. The molecule has 1 fully saturated rings. The Morgan fingerprint density at radius 2 is 1.65 bits per heavy atom. The maximum Gasteiger partial charge on any atom is 0.253 e. The molecule has 0 spiro atoms. The second-order valence-corrected chi connectivity index (χ2v) is 8.68. The molecule has 0 radical (unpaired) electrons. The van der Waals surface area contributed by atoms with Gasteiger partial charge < -0.3 is 15.4 Å². The number of hydrogen-bond acceptors (Lipinski definition) is 4. The fraction of sp³-hybridized carbons (Fsp3) is 0.286. The van der Waals surface area contributed by atoms with Crippen LogP contribution < -0.4 is 15.4 Å². The third-order valence-electron chi connectivity index (χ3n) is 6.05. The van der Waals surface area contributed by atoms with Crippen LogP contribution in [-0.4, -0.2) is 36.4 Å². The lowest BCUT2D eigenvalue weighted by atomic mass is 10.1. The van der Waals surface area contributed by atoms with Gasteiger partial charge in [-0.1, -0.05) is 54.6 Å². The minimum Gasteiger partial charge on any atom is -0.497 e. The average Bonchev–Trinajstić information content (AvgIpc) is 3.70. The van der Waals surface area contributed by atoms with Crippen LogP contribution in [-0.2, 0) is 11.3 Å². The Balaban J connectivity index is 1.39. The van der Waals surface area contributed by atoms with Gasteiger partial charge in [0, 0.05) is 12.6 Å². The highest BCUT2D eigenvalue weighted by Crippen LogP contribution is 2.28. The van der Waals surface area contributed by atoms with Gasteiger partial charge in [0.25, 0.3) is 5.91 Å². The largest absolute Gasteiger partial charge is 0.497 e. The van der Waals surface area contributed by atoms with Gasteiger partial charge in [0.1, 0.15) is 5.75 Å². The topological polar surface area (TPSA) is 70.7 Å². The molecule has 1 atom stereocenters. The Labute approximate surface area is 200 Å². The van der Waals surface area contributed by atoms with E-state index in [1.807, 2.05) is 67.6 Å². The van der Waals surface area contributed by atoms with Gasteiger partial charge in [0.15, 0.2) is 0 Å². The van der Waals surface area contributed by atoms with Crippen LogP contribution in [0.15, 0.2) is 78.9 Å². The van der Waals surface area contributed by atoms with Crippen LogP contribution in [0.3, 0.4) is 0 Å². The standard InChI is InChI=1S/C28H31N3O3/c1-20(22-8-4-3-5-9-22)29-28(33)25-10-6-7-11-26(25)30-27(32)19-31(23-14-15-23)18-21-12-16-24(34-2)17-13-21/h3-13,16-17,20,23H,14-15,18-19H2,1-2H3,(H,29,33)(H,30,32). The molecule has 3 aromatic carbocycles. The Morgan fingerprint density at radius 1 is 0.971 bits per heavy atom. The highest BCUT2D eigenvalue weighted by atomic mass is 16.5. The average molecular weight is 458 g/mol. The number of para-hydroxylation sites is 1. The van der Waals surface area contributed by atoms with Crippen molar-refractivity contribution in [2.75, 3.05) is 19.0 Å². The lowest BCUT2D eigenvalue weighted by molar-refractivity contribution is -0.117. The van der Waals surface area contributed by atoms with Gasteiger partial charge in [-0.25, -0.2) is 0 Å². The summed E-state index contributed by atoms with van der Waals surface area (Å²) in [6, 6.07) is 25.1. The van der Waals surface area contributed by atoms with Gasteiger partial charge in [0.05, 0.1) is 30.9 Å². The van der Waals surface area contributed by atoms with Crippen molar-refractivity contribution in [1.82, 2.24) is 10.2 Å². The van der Waals surface area contributed by atoms with E-state index >= 15 is 0 Å². The maximum absolute atomic E-state index is 13.0. The summed E-state index contributed by atoms with van der Waals surface area (Å²) in [4.78, 5) is 28.1. The molecule has 2 N–H and O–H groups in total. The van der Waals surface area contributed by atoms with E-state index in [0.717, 1.165) is 29.7 Å². The summed E-state index contributed by atoms with van der Waals surface area (Å²) in [5, 5.41) is 5.99. The fourth-order valence-electron chi connectivity index (χ4n) is 3.98. The first-order chi connectivity index (χ1) is 16.5. The molecular formula is C28H31N3O3. The van der Waals surface area contributed by atoms with E-state index in [0.29, 0.717) is 23.8 Å². The molecule has 3 aromatic rings. The van der Waals surface area contributed by atoms with Crippen molar-refractivity contribution in [3.8, 4) is 5.75 Å². The van der Waals surface area contributed by atoms with Gasteiger partial charge in [-0.05, 0) is 55.2 Å². The van der Waals surface area contributed by atoms with E-state index in [9.17, 15) is 9.59 Å². The van der Waals surface area contributed by atoms with Crippen LogP contribution in [0.2, 0.25) is 0 Å². The molecule has 1 saturated carbocycles. The summed E-state index contributed by atoms with van der Waals surface area (Å²) in [7, 11) is 1.65. The van der Waals surface area contributed by atoms with Gasteiger partial charge in [-0.2, -0.15) is 0 Å². The van der Waals surface area contributed by atoms with Crippen LogP contribution in [0.1, 0.15) is 47.3 Å². The van der Waals surface area contributed by atoms with Gasteiger partial charge >= 0.3 is 0 Å². The number of amides is 2. The Bertz CT molecular complexity index is 1110. The zero-order chi connectivity index (χ0) is 23.9. The minimum absolute atomic E-state index is 0.128. The quantitative estimate of drug-likeness (QED) is 0.459. The van der Waals surface area contributed by atoms with Crippen molar-refractivity contribution >= 4 is 17.5 Å². The van der Waals surface area contributed by atoms with Crippen LogP contribution in [0, 0.1) is 0 Å². The molecule has 0 bridgehead atoms. The third-order valence-corrected chi connectivity index (χ3v) is 6.05. The number of methoxy groups -OCH3 is 1. The molecule has 6 nitrogen and oxygen atoms in total. The molecule has 2 amide bonds. The Hall–Kier alpha value is -3.64. The number of hydrogen-bond donors (Lipinski definition) is 2. The zero-order valence-electron chi connectivity index (χ0n) is 19.7. The van der Waals surface area contributed by atoms with Gasteiger partial charge in [-0.3, -0.25) is 14.5 Å². The second kappa shape index (κ2) is 11.0. The normalized spacial score (nSPS) is 13.9. The molecule has 1 aliphatic carbocycles. The SMILES string of the molecule is COc1ccc(CN(CC(=O)Nc2ccccc2C(=O)NC(C)c2ccccc2)C2CC2)cc1. The van der Waals surface area contributed by atoms with Crippen molar-refractivity contribution in [3.63, 3.8) is 0 Å². The van der Waals surface area contributed by atoms with Crippen molar-refractivity contribution in [1.29, 1.82) is 0 Å². The van der Waals surface area contributed by atoms with E-state index < -0.39 is 0 Å². The molecule has 0 saturated heterocycles. The Morgan fingerprint density at radius 3 is 2.32 bits per heavy atom. The first-order valence-corrected chi connectivity index (χ1v) is 11.6. The summed E-state index contributed by atoms with van der Waals surface area (Å²) < 4.78 is 5.23. The maximum atomic E-state index is 13.0. The first-order valence-electron chi connectivity index (χ1n) is 11.6. The van der Waals surface area contributed by atoms with E-state index in [1.165, 1.54) is 0 Å². The number of anilines is 1. The number of rotatable bonds is 10. The number of carbonyl (C=O) groups excluding carboxylic acids is 2. The summed E-state index contributed by atoms with van der Waals surface area (Å²) in [5.41, 5.74) is 3.13. The summed E-state index contributed by atoms with van der Waals surface area (Å²) in [5.74, 6) is 0.470. The van der Waals surface area contributed by atoms with E-state index in [4.69, 9.17) is 4.74 Å². The molecule has 34 heavy (non-hydrogen) atoms. The molecule has 176 valence electrons. The fourth-order valence-corrected chi connectivity index (χ4v) is 3.98. The van der Waals surface area contributed by atoms with Crippen LogP contribution >= 0.6 is 0 Å². The van der Waals surface area contributed by atoms with Gasteiger partial charge in [-0.15, -0.1) is 0 Å². The lowest BCUT2D eigenvalue weighted by Gasteiger charge is -2.22. The highest BCUT2D eigenvalue weighted by Gasteiger charge is 2.30. The molecule has 0 aromatic heterocycles. The van der Waals surface area contributed by atoms with Crippen LogP contribution in [0.25, 0.3) is 0 Å². The molecule has 4 rings (SSSR count). The highest BCUT2D eigenvalue weighted by molar-refractivity contribution is 6.04. The molecular weight excluding hydrogens is 426 g/mol. The van der Waals surface area contributed by atoms with Crippen molar-refractivity contribution in [2.24, 2.45) is 0 Å². The summed E-state index contributed by atoms with van der Waals surface area (Å²) in [6.07, 6.45) is 2.19. The van der Waals surface area contributed by atoms with Crippen molar-refractivity contribution in [2.45, 2.75) is 38.4 Å². The van der Waals surface area contributed by atoms with Gasteiger partial charge in [0.2, 0.25) is 5.91 Å². The second-order valence-electron chi connectivity index (χ2n) is 8.68. The third kappa shape index (κ3) is 6.23. The van der Waals surface area contributed by atoms with E-state index in [-0.39, 0.29) is 24.4 Å². The predicted octanol–water partition coefficient (Wildman–Crippen LogP) is 4.79. The minimum atomic E-state index is -0.218. The van der Waals surface area contributed by atoms with Crippen molar-refractivity contribution < 1.29 is 14.3 Å².